The number of aliphatic hydroxyl groups is 1. The smallest absolute Gasteiger partial charge is 0.134 e. The van der Waals surface area contributed by atoms with E-state index in [1.54, 1.807) is 4.68 Å². The summed E-state index contributed by atoms with van der Waals surface area (Å²) in [6.45, 7) is 0.487. The average molecular weight is 197 g/mol. The lowest BCUT2D eigenvalue weighted by atomic mass is 10.3. The number of benzene rings is 1. The maximum atomic E-state index is 8.75. The van der Waals surface area contributed by atoms with E-state index in [1.807, 2.05) is 24.3 Å². The Kier molecular flexibility index (Phi) is 2.20. The molecule has 0 aliphatic carbocycles. The highest BCUT2D eigenvalue weighted by atomic mass is 35.5. The van der Waals surface area contributed by atoms with Gasteiger partial charge in [0.05, 0.1) is 18.7 Å². The van der Waals surface area contributed by atoms with Crippen molar-refractivity contribution >= 4 is 22.5 Å². The fourth-order valence-corrected chi connectivity index (χ4v) is 1.57. The minimum atomic E-state index is 0.0493. The van der Waals surface area contributed by atoms with Crippen LogP contribution in [0.4, 0.5) is 0 Å². The van der Waals surface area contributed by atoms with Gasteiger partial charge in [0.25, 0.3) is 0 Å². The molecule has 0 amide bonds. The fraction of sp³-hybridized carbons (Fsp3) is 0.222. The molecular formula is C9H9ClN2O. The van der Waals surface area contributed by atoms with Crippen LogP contribution >= 0.6 is 11.6 Å². The van der Waals surface area contributed by atoms with Crippen molar-refractivity contribution in [3.8, 4) is 0 Å². The Balaban J connectivity index is 2.60. The summed E-state index contributed by atoms with van der Waals surface area (Å²) >= 11 is 6.03. The molecule has 1 heterocycles. The van der Waals surface area contributed by atoms with Crippen LogP contribution in [-0.4, -0.2) is 21.5 Å². The molecule has 3 nitrogen and oxygen atoms in total. The van der Waals surface area contributed by atoms with Crippen molar-refractivity contribution in [2.24, 2.45) is 0 Å². The molecule has 2 aromatic rings. The summed E-state index contributed by atoms with van der Waals surface area (Å²) in [4.78, 5) is 0. The number of rotatable bonds is 2. The van der Waals surface area contributed by atoms with Gasteiger partial charge < -0.3 is 5.11 Å². The summed E-state index contributed by atoms with van der Waals surface area (Å²) in [5, 5.41) is 14.5. The van der Waals surface area contributed by atoms with Crippen LogP contribution in [-0.2, 0) is 6.54 Å². The Morgan fingerprint density at radius 1 is 1.38 bits per heavy atom. The van der Waals surface area contributed by atoms with Gasteiger partial charge in [-0.15, -0.1) is 0 Å². The van der Waals surface area contributed by atoms with Crippen LogP contribution in [0.3, 0.4) is 0 Å². The molecule has 13 heavy (non-hydrogen) atoms. The van der Waals surface area contributed by atoms with Crippen LogP contribution < -0.4 is 0 Å². The first-order chi connectivity index (χ1) is 6.33. The van der Waals surface area contributed by atoms with E-state index in [-0.39, 0.29) is 6.61 Å². The lowest BCUT2D eigenvalue weighted by Crippen LogP contribution is -2.03. The highest BCUT2D eigenvalue weighted by Gasteiger charge is 2.06. The number of nitrogens with zero attached hydrogens (tertiary/aromatic N) is 2. The Morgan fingerprint density at radius 2 is 2.15 bits per heavy atom. The van der Waals surface area contributed by atoms with E-state index in [0.717, 1.165) is 10.9 Å². The number of aliphatic hydroxyl groups excluding tert-OH is 1. The molecule has 0 fully saturated rings. The molecule has 68 valence electrons. The third-order valence-corrected chi connectivity index (χ3v) is 2.29. The van der Waals surface area contributed by atoms with Crippen LogP contribution in [0.25, 0.3) is 10.9 Å². The molecule has 4 heteroatoms. The predicted octanol–water partition coefficient (Wildman–Crippen LogP) is 1.68. The number of halogens is 1. The van der Waals surface area contributed by atoms with Crippen LogP contribution in [0.5, 0.6) is 0 Å². The Hall–Kier alpha value is -1.06. The predicted molar refractivity (Wildman–Crippen MR) is 51.8 cm³/mol. The van der Waals surface area contributed by atoms with Gasteiger partial charge in [-0.25, -0.2) is 0 Å². The van der Waals surface area contributed by atoms with E-state index in [1.165, 1.54) is 0 Å². The van der Waals surface area contributed by atoms with E-state index >= 15 is 0 Å². The quantitative estimate of drug-likeness (QED) is 0.794. The van der Waals surface area contributed by atoms with Gasteiger partial charge in [-0.3, -0.25) is 4.68 Å². The van der Waals surface area contributed by atoms with Crippen molar-refractivity contribution < 1.29 is 5.11 Å². The number of hydrogen-bond donors (Lipinski definition) is 1. The second kappa shape index (κ2) is 3.36. The Labute approximate surface area is 80.5 Å². The molecule has 0 saturated heterocycles. The molecule has 0 aliphatic heterocycles. The lowest BCUT2D eigenvalue weighted by Gasteiger charge is -1.97. The van der Waals surface area contributed by atoms with Gasteiger partial charge in [-0.1, -0.05) is 23.7 Å². The molecule has 0 bridgehead atoms. The zero-order valence-corrected chi connectivity index (χ0v) is 7.70. The second-order valence-corrected chi connectivity index (χ2v) is 3.11. The standard InChI is InChI=1S/C9H9ClN2O/c10-9-7-3-1-2-4-8(7)11-12(9)5-6-13/h1-4,13H,5-6H2. The van der Waals surface area contributed by atoms with Crippen LogP contribution in [0.15, 0.2) is 24.3 Å². The van der Waals surface area contributed by atoms with Crippen molar-refractivity contribution in [1.82, 2.24) is 9.78 Å². The monoisotopic (exact) mass is 196 g/mol. The van der Waals surface area contributed by atoms with Gasteiger partial charge in [-0.05, 0) is 12.1 Å². The van der Waals surface area contributed by atoms with Crippen molar-refractivity contribution in [3.05, 3.63) is 29.4 Å². The number of fused-ring (bicyclic) bond motifs is 1. The molecule has 0 spiro atoms. The van der Waals surface area contributed by atoms with E-state index < -0.39 is 0 Å². The molecule has 0 atom stereocenters. The first-order valence-corrected chi connectivity index (χ1v) is 4.42. The summed E-state index contributed by atoms with van der Waals surface area (Å²) in [7, 11) is 0. The SMILES string of the molecule is OCCn1nc2ccccc2c1Cl. The summed E-state index contributed by atoms with van der Waals surface area (Å²) < 4.78 is 1.60. The van der Waals surface area contributed by atoms with Gasteiger partial charge in [-0.2, -0.15) is 5.10 Å². The van der Waals surface area contributed by atoms with Crippen molar-refractivity contribution in [2.45, 2.75) is 6.54 Å². The van der Waals surface area contributed by atoms with E-state index in [0.29, 0.717) is 11.7 Å². The van der Waals surface area contributed by atoms with Gasteiger partial charge in [0, 0.05) is 5.39 Å². The number of aromatic nitrogens is 2. The minimum absolute atomic E-state index is 0.0493. The lowest BCUT2D eigenvalue weighted by molar-refractivity contribution is 0.270. The fourth-order valence-electron chi connectivity index (χ4n) is 1.29. The molecule has 0 aliphatic rings. The Bertz CT molecular complexity index is 424. The van der Waals surface area contributed by atoms with Crippen molar-refractivity contribution in [3.63, 3.8) is 0 Å². The molecule has 0 radical (unpaired) electrons. The molecular weight excluding hydrogens is 188 g/mol. The maximum Gasteiger partial charge on any atom is 0.134 e. The van der Waals surface area contributed by atoms with Crippen LogP contribution in [0.2, 0.25) is 5.15 Å². The van der Waals surface area contributed by atoms with Crippen molar-refractivity contribution in [2.75, 3.05) is 6.61 Å². The van der Waals surface area contributed by atoms with Gasteiger partial charge in [0.15, 0.2) is 0 Å². The molecule has 0 unspecified atom stereocenters. The van der Waals surface area contributed by atoms with E-state index in [4.69, 9.17) is 16.7 Å². The van der Waals surface area contributed by atoms with Gasteiger partial charge in [0.2, 0.25) is 0 Å². The van der Waals surface area contributed by atoms with Crippen LogP contribution in [0.1, 0.15) is 0 Å². The molecule has 1 aromatic heterocycles. The molecule has 2 rings (SSSR count). The summed E-state index contributed by atoms with van der Waals surface area (Å²) in [5.74, 6) is 0. The second-order valence-electron chi connectivity index (χ2n) is 2.75. The van der Waals surface area contributed by atoms with Gasteiger partial charge in [0.1, 0.15) is 5.15 Å². The Morgan fingerprint density at radius 3 is 2.85 bits per heavy atom. The summed E-state index contributed by atoms with van der Waals surface area (Å²) in [5.41, 5.74) is 0.862. The summed E-state index contributed by atoms with van der Waals surface area (Å²) in [6, 6.07) is 7.64. The minimum Gasteiger partial charge on any atom is -0.394 e. The highest BCUT2D eigenvalue weighted by Crippen LogP contribution is 2.22. The first-order valence-electron chi connectivity index (χ1n) is 4.05. The maximum absolute atomic E-state index is 8.75. The zero-order valence-electron chi connectivity index (χ0n) is 6.94. The van der Waals surface area contributed by atoms with Crippen molar-refractivity contribution in [1.29, 1.82) is 0 Å². The average Bonchev–Trinajstić information content (AvgIpc) is 2.46. The molecule has 1 N–H and O–H groups in total. The normalized spacial score (nSPS) is 10.9. The zero-order chi connectivity index (χ0) is 9.26. The van der Waals surface area contributed by atoms with Gasteiger partial charge >= 0.3 is 0 Å². The highest BCUT2D eigenvalue weighted by molar-refractivity contribution is 6.34. The van der Waals surface area contributed by atoms with E-state index in [2.05, 4.69) is 5.10 Å². The first kappa shape index (κ1) is 8.53. The third kappa shape index (κ3) is 1.41. The molecule has 0 saturated carbocycles. The molecule has 1 aromatic carbocycles. The topological polar surface area (TPSA) is 38.0 Å². The number of hydrogen-bond acceptors (Lipinski definition) is 2. The summed E-state index contributed by atoms with van der Waals surface area (Å²) in [6.07, 6.45) is 0. The third-order valence-electron chi connectivity index (χ3n) is 1.89. The largest absolute Gasteiger partial charge is 0.394 e. The van der Waals surface area contributed by atoms with E-state index in [9.17, 15) is 0 Å². The van der Waals surface area contributed by atoms with Crippen LogP contribution in [0, 0.1) is 0 Å².